The van der Waals surface area contributed by atoms with Crippen LogP contribution in [0.25, 0.3) is 0 Å². The average Bonchev–Trinajstić information content (AvgIpc) is 3.39. The monoisotopic (exact) mass is 734 g/mol. The normalized spacial score (nSPS) is 13.5. The van der Waals surface area contributed by atoms with Gasteiger partial charge in [-0.25, -0.2) is 27.4 Å². The number of sulfonamides is 1. The highest BCUT2D eigenvalue weighted by Gasteiger charge is 2.39. The zero-order chi connectivity index (χ0) is 36.3. The fourth-order valence-electron chi connectivity index (χ4n) is 3.59. The Hall–Kier alpha value is -3.01. The van der Waals surface area contributed by atoms with Crippen LogP contribution in [0.3, 0.4) is 0 Å². The molecule has 0 amide bonds. The van der Waals surface area contributed by atoms with E-state index < -0.39 is 45.0 Å². The molecule has 0 spiro atoms. The number of aliphatic carboxylic acids is 2. The second-order valence-electron chi connectivity index (χ2n) is 10.6. The second-order valence-corrected chi connectivity index (χ2v) is 13.4. The first kappa shape index (κ1) is 43.0. The largest absolute Gasteiger partial charge is 0.490 e. The summed E-state index contributed by atoms with van der Waals surface area (Å²) in [6.07, 6.45) is -7.28. The summed E-state index contributed by atoms with van der Waals surface area (Å²) in [6.45, 7) is 9.47. The average molecular weight is 735 g/mol. The number of hydrogen-bond donors (Lipinski definition) is 6. The van der Waals surface area contributed by atoms with Gasteiger partial charge in [-0.2, -0.15) is 30.7 Å². The van der Waals surface area contributed by atoms with Gasteiger partial charge in [-0.1, -0.05) is 39.3 Å². The molecule has 0 aliphatic carbocycles. The maximum atomic E-state index is 14.7. The molecule has 46 heavy (non-hydrogen) atoms. The number of carboxylic acid groups (broad SMARTS) is 2. The van der Waals surface area contributed by atoms with E-state index in [1.807, 2.05) is 0 Å². The van der Waals surface area contributed by atoms with Crippen LogP contribution >= 0.6 is 23.1 Å². The van der Waals surface area contributed by atoms with Gasteiger partial charge >= 0.3 is 24.3 Å². The van der Waals surface area contributed by atoms with Crippen molar-refractivity contribution in [2.45, 2.75) is 63.8 Å². The molecule has 22 heteroatoms. The molecule has 2 rings (SSSR count). The van der Waals surface area contributed by atoms with Crippen LogP contribution in [0.2, 0.25) is 5.02 Å². The smallest absolute Gasteiger partial charge is 0.475 e. The van der Waals surface area contributed by atoms with Crippen LogP contribution in [0.5, 0.6) is 0 Å². The van der Waals surface area contributed by atoms with Gasteiger partial charge in [-0.15, -0.1) is 0 Å². The number of aromatic nitrogens is 2. The SMILES string of the molecule is CC(C)C(N)C(CNc1cc(F)c(S(=O)(=O)Nc2ncns2)cc1Cl)CC(C)(C)CCN.O=C(O)C(F)(F)F.O=C(O)C(F)(F)F. The summed E-state index contributed by atoms with van der Waals surface area (Å²) >= 11 is 7.15. The van der Waals surface area contributed by atoms with Crippen LogP contribution in [0.4, 0.5) is 41.6 Å². The third kappa shape index (κ3) is 15.5. The van der Waals surface area contributed by atoms with Crippen LogP contribution in [-0.4, -0.2) is 71.4 Å². The highest BCUT2D eigenvalue weighted by Crippen LogP contribution is 2.33. The zero-order valence-electron chi connectivity index (χ0n) is 24.7. The van der Waals surface area contributed by atoms with Gasteiger partial charge in [0.1, 0.15) is 17.0 Å². The summed E-state index contributed by atoms with van der Waals surface area (Å²) in [5.41, 5.74) is 12.5. The molecule has 2 aromatic rings. The van der Waals surface area contributed by atoms with Crippen molar-refractivity contribution >= 4 is 55.9 Å². The molecule has 0 radical (unpaired) electrons. The Morgan fingerprint density at radius 2 is 1.57 bits per heavy atom. The van der Waals surface area contributed by atoms with E-state index in [0.717, 1.165) is 36.5 Å². The van der Waals surface area contributed by atoms with E-state index in [0.29, 0.717) is 18.8 Å². The minimum Gasteiger partial charge on any atom is -0.475 e. The summed E-state index contributed by atoms with van der Waals surface area (Å²) in [5.74, 6) is -6.11. The van der Waals surface area contributed by atoms with Gasteiger partial charge in [0.2, 0.25) is 5.13 Å². The van der Waals surface area contributed by atoms with E-state index in [1.54, 1.807) is 0 Å². The molecule has 264 valence electrons. The first-order valence-electron chi connectivity index (χ1n) is 12.8. The van der Waals surface area contributed by atoms with Crippen molar-refractivity contribution in [3.63, 3.8) is 0 Å². The molecule has 0 bridgehead atoms. The predicted molar refractivity (Wildman–Crippen MR) is 156 cm³/mol. The lowest BCUT2D eigenvalue weighted by Crippen LogP contribution is -2.41. The van der Waals surface area contributed by atoms with Gasteiger partial charge in [-0.3, -0.25) is 4.72 Å². The van der Waals surface area contributed by atoms with E-state index in [4.69, 9.17) is 42.9 Å². The van der Waals surface area contributed by atoms with E-state index in [2.05, 4.69) is 47.1 Å². The van der Waals surface area contributed by atoms with Crippen LogP contribution in [0.1, 0.15) is 40.5 Å². The third-order valence-electron chi connectivity index (χ3n) is 5.88. The first-order chi connectivity index (χ1) is 20.7. The predicted octanol–water partition coefficient (Wildman–Crippen LogP) is 5.17. The third-order valence-corrected chi connectivity index (χ3v) is 8.26. The molecule has 0 aliphatic heterocycles. The molecular weight excluding hydrogens is 701 g/mol. The fraction of sp³-hybridized carbons (Fsp3) is 0.583. The van der Waals surface area contributed by atoms with Crippen molar-refractivity contribution in [3.8, 4) is 0 Å². The van der Waals surface area contributed by atoms with Crippen molar-refractivity contribution in [2.24, 2.45) is 28.7 Å². The quantitative estimate of drug-likeness (QED) is 0.157. The zero-order valence-corrected chi connectivity index (χ0v) is 27.1. The summed E-state index contributed by atoms with van der Waals surface area (Å²) in [6, 6.07) is 2.08. The van der Waals surface area contributed by atoms with E-state index in [1.165, 1.54) is 6.33 Å². The van der Waals surface area contributed by atoms with Gasteiger partial charge in [-0.05, 0) is 48.8 Å². The molecular formula is C24H34ClF7N6O6S2. The van der Waals surface area contributed by atoms with Crippen molar-refractivity contribution < 1.29 is 59.0 Å². The van der Waals surface area contributed by atoms with Gasteiger partial charge in [0.05, 0.1) is 10.7 Å². The molecule has 1 heterocycles. The molecule has 0 aliphatic rings. The number of anilines is 2. The molecule has 2 unspecified atom stereocenters. The van der Waals surface area contributed by atoms with Crippen LogP contribution in [0, 0.1) is 23.1 Å². The number of carboxylic acids is 2. The number of hydrogen-bond acceptors (Lipinski definition) is 10. The van der Waals surface area contributed by atoms with Crippen molar-refractivity contribution in [2.75, 3.05) is 23.1 Å². The Bertz CT molecular complexity index is 1350. The molecule has 0 saturated carbocycles. The molecule has 0 saturated heterocycles. The first-order valence-corrected chi connectivity index (χ1v) is 15.5. The Morgan fingerprint density at radius 1 is 1.07 bits per heavy atom. The molecule has 2 atom stereocenters. The number of carbonyl (C=O) groups is 2. The molecule has 12 nitrogen and oxygen atoms in total. The molecule has 0 fully saturated rings. The highest BCUT2D eigenvalue weighted by molar-refractivity contribution is 7.93. The molecule has 8 N–H and O–H groups in total. The second kappa shape index (κ2) is 17.8. The van der Waals surface area contributed by atoms with Gasteiger partial charge in [0.15, 0.2) is 0 Å². The topological polar surface area (TPSA) is 211 Å². The minimum atomic E-state index is -5.08. The van der Waals surface area contributed by atoms with Gasteiger partial charge in [0, 0.05) is 24.1 Å². The fourth-order valence-corrected chi connectivity index (χ4v) is 5.63. The summed E-state index contributed by atoms with van der Waals surface area (Å²) in [5, 5.41) is 17.5. The number of nitrogens with two attached hydrogens (primary N) is 2. The number of nitrogens with zero attached hydrogens (tertiary/aromatic N) is 2. The number of halogens is 8. The standard InChI is InChI=1S/C20H32ClFN6O2S2.2C2HF3O2/c1-12(2)18(24)13(9-20(3,4)5-6-23)10-25-16-8-15(22)17(7-14(16)21)32(29,30)28-19-26-11-27-31-19;2*3-2(4,5)1(6)7/h7-8,11-13,18,25H,5-6,9-10,23-24H2,1-4H3,(H,26,27,28);2*(H,6,7). The lowest BCUT2D eigenvalue weighted by atomic mass is 9.75. The van der Waals surface area contributed by atoms with Crippen LogP contribution in [0.15, 0.2) is 23.4 Å². The summed E-state index contributed by atoms with van der Waals surface area (Å²) in [4.78, 5) is 21.0. The van der Waals surface area contributed by atoms with Crippen molar-refractivity contribution in [1.82, 2.24) is 9.36 Å². The Kier molecular flexibility index (Phi) is 16.6. The van der Waals surface area contributed by atoms with Crippen LogP contribution < -0.4 is 21.5 Å². The molecule has 1 aromatic carbocycles. The van der Waals surface area contributed by atoms with E-state index in [9.17, 15) is 39.2 Å². The Morgan fingerprint density at radius 3 is 1.96 bits per heavy atom. The maximum Gasteiger partial charge on any atom is 0.490 e. The summed E-state index contributed by atoms with van der Waals surface area (Å²) in [7, 11) is -4.20. The minimum absolute atomic E-state index is 0.00303. The number of nitrogens with one attached hydrogen (secondary N) is 2. The summed E-state index contributed by atoms with van der Waals surface area (Å²) < 4.78 is 109. The number of benzene rings is 1. The van der Waals surface area contributed by atoms with Crippen molar-refractivity contribution in [1.29, 1.82) is 0 Å². The van der Waals surface area contributed by atoms with Crippen molar-refractivity contribution in [3.05, 3.63) is 29.3 Å². The highest BCUT2D eigenvalue weighted by atomic mass is 35.5. The van der Waals surface area contributed by atoms with Gasteiger partial charge in [0.25, 0.3) is 10.0 Å². The number of alkyl halides is 6. The maximum absolute atomic E-state index is 14.7. The Labute approximate surface area is 268 Å². The van der Waals surface area contributed by atoms with Gasteiger partial charge < -0.3 is 27.0 Å². The van der Waals surface area contributed by atoms with E-state index in [-0.39, 0.29) is 33.4 Å². The van der Waals surface area contributed by atoms with Crippen LogP contribution in [-0.2, 0) is 19.6 Å². The lowest BCUT2D eigenvalue weighted by molar-refractivity contribution is -0.193. The van der Waals surface area contributed by atoms with E-state index >= 15 is 0 Å². The number of rotatable bonds is 12. The molecule has 1 aromatic heterocycles. The Balaban J connectivity index is 0.00000120. The lowest BCUT2D eigenvalue weighted by Gasteiger charge is -2.34.